The Balaban J connectivity index is 2.26. The number of rotatable bonds is 10. The SMILES string of the molecule is CCC(C)(C)c1ccc(O)c(C(C)c2cc(C(C)(C)CC)cc(C(C)c3cc(C(C)(C)CC)ccc3O)c2O)c1. The Bertz CT molecular complexity index is 1250. The lowest BCUT2D eigenvalue weighted by Gasteiger charge is -2.30. The molecule has 2 unspecified atom stereocenters. The molecule has 3 rings (SSSR count). The van der Waals surface area contributed by atoms with Gasteiger partial charge in [0.1, 0.15) is 17.2 Å². The summed E-state index contributed by atoms with van der Waals surface area (Å²) in [6, 6.07) is 16.0. The zero-order valence-electron chi connectivity index (χ0n) is 26.7. The molecule has 0 aliphatic heterocycles. The van der Waals surface area contributed by atoms with Crippen molar-refractivity contribution in [3.05, 3.63) is 87.5 Å². The second-order valence-corrected chi connectivity index (χ2v) is 13.7. The first-order chi connectivity index (χ1) is 18.5. The number of phenols is 3. The molecule has 0 aliphatic rings. The van der Waals surface area contributed by atoms with E-state index in [0.29, 0.717) is 0 Å². The van der Waals surface area contributed by atoms with Crippen LogP contribution in [0.5, 0.6) is 17.2 Å². The van der Waals surface area contributed by atoms with Gasteiger partial charge in [0.2, 0.25) is 0 Å². The molecule has 0 heterocycles. The zero-order chi connectivity index (χ0) is 30.2. The molecule has 0 radical (unpaired) electrons. The van der Waals surface area contributed by atoms with Crippen LogP contribution in [0, 0.1) is 0 Å². The Labute approximate surface area is 243 Å². The molecule has 3 heteroatoms. The van der Waals surface area contributed by atoms with Crippen LogP contribution in [0.4, 0.5) is 0 Å². The van der Waals surface area contributed by atoms with Crippen LogP contribution in [0.2, 0.25) is 0 Å². The summed E-state index contributed by atoms with van der Waals surface area (Å²) in [5, 5.41) is 33.8. The van der Waals surface area contributed by atoms with Crippen molar-refractivity contribution in [2.45, 2.75) is 124 Å². The molecule has 2 atom stereocenters. The van der Waals surface area contributed by atoms with Gasteiger partial charge in [0, 0.05) is 34.1 Å². The molecule has 0 saturated carbocycles. The summed E-state index contributed by atoms with van der Waals surface area (Å²) < 4.78 is 0. The molecule has 0 amide bonds. The number of phenolic OH excluding ortho intramolecular Hbond substituents is 3. The van der Waals surface area contributed by atoms with Gasteiger partial charge in [-0.2, -0.15) is 0 Å². The van der Waals surface area contributed by atoms with Crippen molar-refractivity contribution in [2.75, 3.05) is 0 Å². The van der Waals surface area contributed by atoms with Crippen LogP contribution < -0.4 is 0 Å². The highest BCUT2D eigenvalue weighted by Gasteiger charge is 2.29. The standard InChI is InChI=1S/C37H52O3/c1-12-35(6,7)25-15-17-32(38)28(19-25)23(4)30-21-27(37(10,11)14-3)22-31(34(30)40)24(5)29-20-26(16-18-33(29)39)36(8,9)13-2/h15-24,38-40H,12-14H2,1-11H3. The van der Waals surface area contributed by atoms with Crippen molar-refractivity contribution >= 4 is 0 Å². The van der Waals surface area contributed by atoms with E-state index in [2.05, 4.69) is 100 Å². The van der Waals surface area contributed by atoms with Crippen LogP contribution in [0.1, 0.15) is 146 Å². The van der Waals surface area contributed by atoms with Gasteiger partial charge >= 0.3 is 0 Å². The van der Waals surface area contributed by atoms with Crippen molar-refractivity contribution in [2.24, 2.45) is 0 Å². The predicted molar refractivity (Wildman–Crippen MR) is 169 cm³/mol. The summed E-state index contributed by atoms with van der Waals surface area (Å²) in [6.07, 6.45) is 2.91. The lowest BCUT2D eigenvalue weighted by molar-refractivity contribution is 0.443. The minimum atomic E-state index is -0.231. The molecule has 0 spiro atoms. The van der Waals surface area contributed by atoms with Gasteiger partial charge in [-0.25, -0.2) is 0 Å². The van der Waals surface area contributed by atoms with Crippen LogP contribution in [0.15, 0.2) is 48.5 Å². The van der Waals surface area contributed by atoms with Crippen LogP contribution in [0.25, 0.3) is 0 Å². The van der Waals surface area contributed by atoms with Crippen LogP contribution in [-0.2, 0) is 16.2 Å². The van der Waals surface area contributed by atoms with E-state index in [1.165, 1.54) is 11.1 Å². The highest BCUT2D eigenvalue weighted by Crippen LogP contribution is 2.46. The van der Waals surface area contributed by atoms with Gasteiger partial charge in [0.25, 0.3) is 0 Å². The molecular formula is C37H52O3. The van der Waals surface area contributed by atoms with Gasteiger partial charge in [-0.1, -0.05) is 113 Å². The monoisotopic (exact) mass is 544 g/mol. The largest absolute Gasteiger partial charge is 0.508 e. The summed E-state index contributed by atoms with van der Waals surface area (Å²) >= 11 is 0. The molecule has 218 valence electrons. The molecule has 3 aromatic carbocycles. The maximum Gasteiger partial charge on any atom is 0.123 e. The summed E-state index contributed by atoms with van der Waals surface area (Å²) in [5.74, 6) is 0.249. The molecule has 0 aromatic heterocycles. The van der Waals surface area contributed by atoms with E-state index < -0.39 is 0 Å². The fraction of sp³-hybridized carbons (Fsp3) is 0.514. The first kappa shape index (κ1) is 31.6. The fourth-order valence-electron chi connectivity index (χ4n) is 5.32. The Morgan fingerprint density at radius 1 is 0.500 bits per heavy atom. The lowest BCUT2D eigenvalue weighted by Crippen LogP contribution is -2.18. The van der Waals surface area contributed by atoms with Gasteiger partial charge in [-0.15, -0.1) is 0 Å². The zero-order valence-corrected chi connectivity index (χ0v) is 26.7. The molecule has 3 aromatic rings. The normalized spacial score (nSPS) is 14.3. The van der Waals surface area contributed by atoms with Crippen molar-refractivity contribution in [3.63, 3.8) is 0 Å². The van der Waals surface area contributed by atoms with Crippen molar-refractivity contribution in [1.82, 2.24) is 0 Å². The summed E-state index contributed by atoms with van der Waals surface area (Å²) in [5.41, 5.74) is 6.56. The number of hydrogen-bond acceptors (Lipinski definition) is 3. The second-order valence-electron chi connectivity index (χ2n) is 13.7. The molecule has 40 heavy (non-hydrogen) atoms. The number of benzene rings is 3. The van der Waals surface area contributed by atoms with Gasteiger partial charge in [0.15, 0.2) is 0 Å². The van der Waals surface area contributed by atoms with E-state index in [1.807, 2.05) is 12.1 Å². The summed E-state index contributed by atoms with van der Waals surface area (Å²) in [6.45, 7) is 24.0. The van der Waals surface area contributed by atoms with Crippen molar-refractivity contribution < 1.29 is 15.3 Å². The van der Waals surface area contributed by atoms with Gasteiger partial charge in [0.05, 0.1) is 0 Å². The second kappa shape index (κ2) is 11.5. The minimum absolute atomic E-state index is 0.0231. The van der Waals surface area contributed by atoms with E-state index in [4.69, 9.17) is 0 Å². The first-order valence-corrected chi connectivity index (χ1v) is 15.0. The van der Waals surface area contributed by atoms with Gasteiger partial charge < -0.3 is 15.3 Å². The average molecular weight is 545 g/mol. The van der Waals surface area contributed by atoms with Crippen LogP contribution in [-0.4, -0.2) is 15.3 Å². The third-order valence-corrected chi connectivity index (χ3v) is 10.1. The van der Waals surface area contributed by atoms with Gasteiger partial charge in [-0.05, 0) is 64.3 Å². The summed E-state index contributed by atoms with van der Waals surface area (Å²) in [7, 11) is 0. The highest BCUT2D eigenvalue weighted by atomic mass is 16.3. The number of hydrogen-bond donors (Lipinski definition) is 3. The topological polar surface area (TPSA) is 60.7 Å². The van der Waals surface area contributed by atoms with E-state index in [-0.39, 0.29) is 45.3 Å². The molecule has 3 nitrogen and oxygen atoms in total. The summed E-state index contributed by atoms with van der Waals surface area (Å²) in [4.78, 5) is 0. The van der Waals surface area contributed by atoms with E-state index in [0.717, 1.165) is 47.1 Å². The van der Waals surface area contributed by atoms with Crippen LogP contribution in [0.3, 0.4) is 0 Å². The van der Waals surface area contributed by atoms with Gasteiger partial charge in [-0.3, -0.25) is 0 Å². The molecular weight excluding hydrogens is 492 g/mol. The predicted octanol–water partition coefficient (Wildman–Crippen LogP) is 10.2. The lowest BCUT2D eigenvalue weighted by atomic mass is 9.75. The quantitative estimate of drug-likeness (QED) is 0.238. The Kier molecular flexibility index (Phi) is 9.09. The first-order valence-electron chi connectivity index (χ1n) is 15.0. The van der Waals surface area contributed by atoms with E-state index in [1.54, 1.807) is 12.1 Å². The Morgan fingerprint density at radius 2 is 0.800 bits per heavy atom. The average Bonchev–Trinajstić information content (AvgIpc) is 2.92. The molecule has 0 aliphatic carbocycles. The molecule has 0 fully saturated rings. The van der Waals surface area contributed by atoms with E-state index in [9.17, 15) is 15.3 Å². The van der Waals surface area contributed by atoms with Crippen molar-refractivity contribution in [3.8, 4) is 17.2 Å². The molecule has 3 N–H and O–H groups in total. The third-order valence-electron chi connectivity index (χ3n) is 10.1. The third kappa shape index (κ3) is 6.04. The minimum Gasteiger partial charge on any atom is -0.508 e. The molecule has 0 saturated heterocycles. The smallest absolute Gasteiger partial charge is 0.123 e. The maximum absolute atomic E-state index is 11.9. The Morgan fingerprint density at radius 3 is 1.12 bits per heavy atom. The van der Waals surface area contributed by atoms with E-state index >= 15 is 0 Å². The fourth-order valence-corrected chi connectivity index (χ4v) is 5.32. The van der Waals surface area contributed by atoms with Crippen LogP contribution >= 0.6 is 0 Å². The molecule has 0 bridgehead atoms. The highest BCUT2D eigenvalue weighted by molar-refractivity contribution is 5.57. The Hall–Kier alpha value is -2.94. The number of aromatic hydroxyl groups is 3. The van der Waals surface area contributed by atoms with Crippen molar-refractivity contribution in [1.29, 1.82) is 0 Å². The maximum atomic E-state index is 11.9.